The van der Waals surface area contributed by atoms with Gasteiger partial charge in [-0.05, 0) is 43.3 Å². The summed E-state index contributed by atoms with van der Waals surface area (Å²) in [5, 5.41) is 2.48. The molecule has 0 aliphatic rings. The van der Waals surface area contributed by atoms with Crippen LogP contribution in [-0.2, 0) is 10.0 Å². The Balaban J connectivity index is 1.70. The van der Waals surface area contributed by atoms with E-state index >= 15 is 0 Å². The lowest BCUT2D eigenvalue weighted by atomic mass is 10.2. The lowest BCUT2D eigenvalue weighted by molar-refractivity contribution is 0.235. The van der Waals surface area contributed by atoms with Crippen LogP contribution in [0.2, 0.25) is 0 Å². The summed E-state index contributed by atoms with van der Waals surface area (Å²) in [7, 11) is -2.24. The Kier molecular flexibility index (Phi) is 6.81. The average Bonchev–Trinajstić information content (AvgIpc) is 2.64. The molecule has 0 unspecified atom stereocenters. The highest BCUT2D eigenvalue weighted by Crippen LogP contribution is 2.16. The minimum absolute atomic E-state index is 0.0613. The van der Waals surface area contributed by atoms with Gasteiger partial charge < -0.3 is 14.8 Å². The molecule has 9 heteroatoms. The molecule has 2 rings (SSSR count). The number of urea groups is 1. The van der Waals surface area contributed by atoms with Gasteiger partial charge >= 0.3 is 6.03 Å². The smallest absolute Gasteiger partial charge is 0.330 e. The number of nitrogens with one attached hydrogen (secondary N) is 3. The largest absolute Gasteiger partial charge is 0.497 e. The Morgan fingerprint density at radius 3 is 2.23 bits per heavy atom. The molecule has 0 heterocycles. The highest BCUT2D eigenvalue weighted by molar-refractivity contribution is 7.89. The molecule has 0 aliphatic heterocycles. The van der Waals surface area contributed by atoms with Gasteiger partial charge in [-0.1, -0.05) is 17.7 Å². The van der Waals surface area contributed by atoms with Gasteiger partial charge in [-0.25, -0.2) is 13.2 Å². The number of aryl methyl sites for hydroxylation is 1. The van der Waals surface area contributed by atoms with Gasteiger partial charge in [0.15, 0.2) is 0 Å². The van der Waals surface area contributed by atoms with Crippen molar-refractivity contribution in [1.82, 2.24) is 15.6 Å². The van der Waals surface area contributed by atoms with E-state index in [1.165, 1.54) is 12.1 Å². The minimum atomic E-state index is -3.82. The van der Waals surface area contributed by atoms with E-state index in [0.29, 0.717) is 5.75 Å². The van der Waals surface area contributed by atoms with Gasteiger partial charge in [0.1, 0.15) is 18.1 Å². The van der Waals surface area contributed by atoms with Crippen molar-refractivity contribution in [3.8, 4) is 11.5 Å². The van der Waals surface area contributed by atoms with E-state index in [4.69, 9.17) is 9.47 Å². The van der Waals surface area contributed by atoms with E-state index in [9.17, 15) is 13.2 Å². The monoisotopic (exact) mass is 379 g/mol. The summed E-state index contributed by atoms with van der Waals surface area (Å²) < 4.78 is 34.5. The summed E-state index contributed by atoms with van der Waals surface area (Å²) in [5.41, 5.74) is 3.03. The number of sulfonamides is 1. The zero-order valence-electron chi connectivity index (χ0n) is 14.5. The van der Waals surface area contributed by atoms with Crippen LogP contribution in [0, 0.1) is 6.92 Å². The highest BCUT2D eigenvalue weighted by atomic mass is 32.2. The average molecular weight is 379 g/mol. The number of hydrazine groups is 1. The van der Waals surface area contributed by atoms with E-state index in [0.717, 1.165) is 11.3 Å². The van der Waals surface area contributed by atoms with Crippen LogP contribution in [-0.4, -0.2) is 34.7 Å². The summed E-state index contributed by atoms with van der Waals surface area (Å²) in [5.74, 6) is 1.35. The van der Waals surface area contributed by atoms with Crippen molar-refractivity contribution in [2.24, 2.45) is 0 Å². The summed E-state index contributed by atoms with van der Waals surface area (Å²) >= 11 is 0. The van der Waals surface area contributed by atoms with Crippen LogP contribution in [0.5, 0.6) is 11.5 Å². The molecule has 8 nitrogen and oxygen atoms in total. The van der Waals surface area contributed by atoms with Crippen molar-refractivity contribution in [1.29, 1.82) is 0 Å². The molecule has 0 saturated carbocycles. The first-order valence-corrected chi connectivity index (χ1v) is 9.28. The van der Waals surface area contributed by atoms with Gasteiger partial charge in [0, 0.05) is 0 Å². The number of amides is 2. The van der Waals surface area contributed by atoms with E-state index in [2.05, 4.69) is 10.7 Å². The van der Waals surface area contributed by atoms with Gasteiger partial charge in [-0.3, -0.25) is 5.43 Å². The van der Waals surface area contributed by atoms with Crippen molar-refractivity contribution in [3.63, 3.8) is 0 Å². The standard InChI is InChI=1S/C17H21N3O5S/c1-13-3-9-16(10-4-13)26(22,23)20-19-17(21)18-11-12-25-15-7-5-14(24-2)6-8-15/h3-10,20H,11-12H2,1-2H3,(H2,18,19,21). The second-order valence-corrected chi connectivity index (χ2v) is 7.01. The highest BCUT2D eigenvalue weighted by Gasteiger charge is 2.14. The summed E-state index contributed by atoms with van der Waals surface area (Å²) in [6.45, 7) is 2.28. The molecule has 0 aromatic heterocycles. The molecule has 2 aromatic rings. The maximum absolute atomic E-state index is 12.0. The number of carbonyl (C=O) groups is 1. The van der Waals surface area contributed by atoms with Gasteiger partial charge in [0.05, 0.1) is 18.6 Å². The molecular weight excluding hydrogens is 358 g/mol. The number of hydrogen-bond donors (Lipinski definition) is 3. The molecule has 0 saturated heterocycles. The Morgan fingerprint density at radius 1 is 1.00 bits per heavy atom. The molecule has 2 amide bonds. The van der Waals surface area contributed by atoms with Crippen LogP contribution in [0.15, 0.2) is 53.4 Å². The third-order valence-electron chi connectivity index (χ3n) is 3.35. The molecule has 3 N–H and O–H groups in total. The number of ether oxygens (including phenoxy) is 2. The van der Waals surface area contributed by atoms with Crippen molar-refractivity contribution >= 4 is 16.1 Å². The molecule has 2 aromatic carbocycles. The first-order valence-electron chi connectivity index (χ1n) is 7.80. The number of benzene rings is 2. The first kappa shape index (κ1) is 19.5. The second kappa shape index (κ2) is 9.07. The number of hydrogen-bond acceptors (Lipinski definition) is 5. The molecule has 0 spiro atoms. The fourth-order valence-electron chi connectivity index (χ4n) is 1.94. The fraction of sp³-hybridized carbons (Fsp3) is 0.235. The zero-order chi connectivity index (χ0) is 19.0. The fourth-order valence-corrected chi connectivity index (χ4v) is 2.78. The van der Waals surface area contributed by atoms with Gasteiger partial charge in [0.2, 0.25) is 0 Å². The molecule has 26 heavy (non-hydrogen) atoms. The summed E-state index contributed by atoms with van der Waals surface area (Å²) in [4.78, 5) is 13.7. The SMILES string of the molecule is COc1ccc(OCCNC(=O)NNS(=O)(=O)c2ccc(C)cc2)cc1. The van der Waals surface area contributed by atoms with E-state index in [1.807, 2.05) is 11.8 Å². The quantitative estimate of drug-likeness (QED) is 0.477. The molecular formula is C17H21N3O5S. The molecule has 0 atom stereocenters. The Hall–Kier alpha value is -2.78. The lowest BCUT2D eigenvalue weighted by Crippen LogP contribution is -2.47. The third kappa shape index (κ3) is 5.94. The van der Waals surface area contributed by atoms with Crippen LogP contribution < -0.4 is 25.0 Å². The Morgan fingerprint density at radius 2 is 1.62 bits per heavy atom. The number of rotatable bonds is 8. The second-order valence-electron chi connectivity index (χ2n) is 5.32. The maximum Gasteiger partial charge on any atom is 0.330 e. The number of methoxy groups -OCH3 is 1. The summed E-state index contributed by atoms with van der Waals surface area (Å²) in [6.07, 6.45) is 0. The first-order chi connectivity index (χ1) is 12.4. The van der Waals surface area contributed by atoms with Crippen LogP contribution in [0.4, 0.5) is 4.79 Å². The van der Waals surface area contributed by atoms with Gasteiger partial charge in [-0.2, -0.15) is 0 Å². The van der Waals surface area contributed by atoms with Gasteiger partial charge in [-0.15, -0.1) is 4.83 Å². The molecule has 0 fully saturated rings. The van der Waals surface area contributed by atoms with Crippen LogP contribution in [0.1, 0.15) is 5.56 Å². The van der Waals surface area contributed by atoms with Crippen molar-refractivity contribution in [2.45, 2.75) is 11.8 Å². The number of carbonyl (C=O) groups excluding carboxylic acids is 1. The van der Waals surface area contributed by atoms with Gasteiger partial charge in [0.25, 0.3) is 10.0 Å². The molecule has 140 valence electrons. The summed E-state index contributed by atoms with van der Waals surface area (Å²) in [6, 6.07) is 12.6. The minimum Gasteiger partial charge on any atom is -0.497 e. The van der Waals surface area contributed by atoms with Crippen molar-refractivity contribution in [2.75, 3.05) is 20.3 Å². The van der Waals surface area contributed by atoms with E-state index in [-0.39, 0.29) is 18.0 Å². The predicted octanol–water partition coefficient (Wildman–Crippen LogP) is 1.58. The molecule has 0 radical (unpaired) electrons. The van der Waals surface area contributed by atoms with Crippen molar-refractivity contribution in [3.05, 3.63) is 54.1 Å². The third-order valence-corrected chi connectivity index (χ3v) is 4.61. The van der Waals surface area contributed by atoms with E-state index < -0.39 is 16.1 Å². The predicted molar refractivity (Wildman–Crippen MR) is 96.5 cm³/mol. The zero-order valence-corrected chi connectivity index (χ0v) is 15.3. The lowest BCUT2D eigenvalue weighted by Gasteiger charge is -2.11. The van der Waals surface area contributed by atoms with E-state index in [1.54, 1.807) is 43.5 Å². The maximum atomic E-state index is 12.0. The topological polar surface area (TPSA) is 106 Å². The molecule has 0 aliphatic carbocycles. The Labute approximate surface area is 152 Å². The molecule has 0 bridgehead atoms. The normalized spacial score (nSPS) is 10.8. The van der Waals surface area contributed by atoms with Crippen LogP contribution in [0.25, 0.3) is 0 Å². The van der Waals surface area contributed by atoms with Crippen LogP contribution >= 0.6 is 0 Å². The Bertz CT molecular complexity index is 820. The van der Waals surface area contributed by atoms with Crippen LogP contribution in [0.3, 0.4) is 0 Å². The van der Waals surface area contributed by atoms with Crippen molar-refractivity contribution < 1.29 is 22.7 Å².